The van der Waals surface area contributed by atoms with Gasteiger partial charge in [0.2, 0.25) is 0 Å². The predicted molar refractivity (Wildman–Crippen MR) is 105 cm³/mol. The standard InChI is InChI=1S/C18H34O7S.Na/c1-4-7-9-10-12-24-17(19)13-16(26(21,22)23)18(20)25-14-15(6-3)11-8-5-2;/h15-16H,4-14H2,1-3H3,(H,21,22,23);. The Morgan fingerprint density at radius 3 is 2.11 bits per heavy atom. The monoisotopic (exact) mass is 417 g/mol. The molecule has 0 aliphatic heterocycles. The molecule has 0 aliphatic rings. The van der Waals surface area contributed by atoms with E-state index in [1.54, 1.807) is 0 Å². The number of rotatable bonds is 15. The summed E-state index contributed by atoms with van der Waals surface area (Å²) in [6, 6.07) is 0. The molecule has 0 aromatic heterocycles. The van der Waals surface area contributed by atoms with Gasteiger partial charge in [0.15, 0.2) is 5.25 Å². The van der Waals surface area contributed by atoms with E-state index in [2.05, 4.69) is 13.8 Å². The van der Waals surface area contributed by atoms with Gasteiger partial charge in [-0.2, -0.15) is 8.42 Å². The minimum absolute atomic E-state index is 0. The van der Waals surface area contributed by atoms with Crippen LogP contribution in [0.5, 0.6) is 0 Å². The molecule has 1 radical (unpaired) electrons. The summed E-state index contributed by atoms with van der Waals surface area (Å²) in [6.07, 6.45) is 6.58. The second-order valence-corrected chi connectivity index (χ2v) is 8.13. The Morgan fingerprint density at radius 1 is 0.963 bits per heavy atom. The summed E-state index contributed by atoms with van der Waals surface area (Å²) in [5.74, 6) is -1.81. The minimum Gasteiger partial charge on any atom is -0.466 e. The Kier molecular flexibility index (Phi) is 18.0. The van der Waals surface area contributed by atoms with E-state index in [0.29, 0.717) is 6.42 Å². The van der Waals surface area contributed by atoms with E-state index in [1.165, 1.54) is 0 Å². The van der Waals surface area contributed by atoms with Crippen molar-refractivity contribution in [2.45, 2.75) is 83.8 Å². The number of esters is 2. The first kappa shape index (κ1) is 29.1. The van der Waals surface area contributed by atoms with Crippen LogP contribution in [0.4, 0.5) is 0 Å². The fourth-order valence-electron chi connectivity index (χ4n) is 2.43. The molecule has 0 spiro atoms. The van der Waals surface area contributed by atoms with Gasteiger partial charge in [-0.25, -0.2) is 0 Å². The van der Waals surface area contributed by atoms with E-state index in [0.717, 1.165) is 44.9 Å². The molecule has 2 unspecified atom stereocenters. The van der Waals surface area contributed by atoms with Crippen LogP contribution in [0.25, 0.3) is 0 Å². The fourth-order valence-corrected chi connectivity index (χ4v) is 3.08. The molecule has 155 valence electrons. The molecule has 27 heavy (non-hydrogen) atoms. The maximum atomic E-state index is 12.1. The molecule has 1 N–H and O–H groups in total. The molecule has 9 heteroatoms. The molecular weight excluding hydrogens is 383 g/mol. The van der Waals surface area contributed by atoms with Gasteiger partial charge < -0.3 is 9.47 Å². The zero-order valence-corrected chi connectivity index (χ0v) is 20.1. The van der Waals surface area contributed by atoms with Crippen molar-refractivity contribution in [3.63, 3.8) is 0 Å². The van der Waals surface area contributed by atoms with Crippen molar-refractivity contribution >= 4 is 51.6 Å². The van der Waals surface area contributed by atoms with Crippen molar-refractivity contribution < 1.29 is 32.0 Å². The van der Waals surface area contributed by atoms with Crippen LogP contribution in [0.2, 0.25) is 0 Å². The molecule has 0 rings (SSSR count). The minimum atomic E-state index is -4.75. The van der Waals surface area contributed by atoms with Crippen molar-refractivity contribution in [2.24, 2.45) is 5.92 Å². The molecule has 0 fully saturated rings. The number of unbranched alkanes of at least 4 members (excludes halogenated alkanes) is 4. The van der Waals surface area contributed by atoms with Crippen LogP contribution < -0.4 is 0 Å². The summed E-state index contributed by atoms with van der Waals surface area (Å²) in [5.41, 5.74) is 0. The van der Waals surface area contributed by atoms with E-state index in [1.807, 2.05) is 6.92 Å². The summed E-state index contributed by atoms with van der Waals surface area (Å²) in [6.45, 7) is 6.32. The Balaban J connectivity index is 0. The first-order valence-electron chi connectivity index (χ1n) is 9.54. The summed E-state index contributed by atoms with van der Waals surface area (Å²) in [7, 11) is -4.75. The topological polar surface area (TPSA) is 107 Å². The van der Waals surface area contributed by atoms with Crippen molar-refractivity contribution in [1.29, 1.82) is 0 Å². The number of carbonyl (C=O) groups excluding carboxylic acids is 2. The molecule has 0 aromatic carbocycles. The molecule has 7 nitrogen and oxygen atoms in total. The quantitative estimate of drug-likeness (QED) is 0.189. The SMILES string of the molecule is CCCCCCOC(=O)CC(C(=O)OCC(CC)CCCC)S(=O)(=O)O.[Na]. The van der Waals surface area contributed by atoms with Crippen molar-refractivity contribution in [3.8, 4) is 0 Å². The van der Waals surface area contributed by atoms with E-state index < -0.39 is 33.7 Å². The number of ether oxygens (including phenoxy) is 2. The zero-order chi connectivity index (χ0) is 20.0. The van der Waals surface area contributed by atoms with Gasteiger partial charge in [-0.1, -0.05) is 59.3 Å². The molecule has 0 aromatic rings. The van der Waals surface area contributed by atoms with Crippen LogP contribution in [0.15, 0.2) is 0 Å². The van der Waals surface area contributed by atoms with Gasteiger partial charge in [-0.15, -0.1) is 0 Å². The summed E-state index contributed by atoms with van der Waals surface area (Å²) in [4.78, 5) is 23.8. The van der Waals surface area contributed by atoms with Crippen LogP contribution in [-0.2, 0) is 29.2 Å². The first-order chi connectivity index (χ1) is 12.3. The van der Waals surface area contributed by atoms with Gasteiger partial charge in [0, 0.05) is 29.6 Å². The Bertz CT molecular complexity index is 508. The summed E-state index contributed by atoms with van der Waals surface area (Å²) >= 11 is 0. The van der Waals surface area contributed by atoms with Crippen LogP contribution in [-0.4, -0.2) is 72.9 Å². The second kappa shape index (κ2) is 16.8. The van der Waals surface area contributed by atoms with Gasteiger partial charge in [0.05, 0.1) is 19.6 Å². The third-order valence-corrected chi connectivity index (χ3v) is 5.32. The number of hydrogen-bond acceptors (Lipinski definition) is 6. The van der Waals surface area contributed by atoms with Gasteiger partial charge in [-0.05, 0) is 18.8 Å². The Morgan fingerprint density at radius 2 is 1.59 bits per heavy atom. The van der Waals surface area contributed by atoms with E-state index in [4.69, 9.17) is 9.47 Å². The zero-order valence-electron chi connectivity index (χ0n) is 17.2. The van der Waals surface area contributed by atoms with Gasteiger partial charge >= 0.3 is 11.9 Å². The average Bonchev–Trinajstić information content (AvgIpc) is 2.58. The third kappa shape index (κ3) is 14.5. The van der Waals surface area contributed by atoms with Crippen molar-refractivity contribution in [1.82, 2.24) is 0 Å². The largest absolute Gasteiger partial charge is 0.466 e. The molecule has 0 saturated heterocycles. The third-order valence-electron chi connectivity index (χ3n) is 4.24. The molecular formula is C18H34NaO7S. The Hall–Kier alpha value is -0.150. The molecule has 0 aliphatic carbocycles. The maximum absolute atomic E-state index is 12.1. The van der Waals surface area contributed by atoms with Crippen LogP contribution >= 0.6 is 0 Å². The van der Waals surface area contributed by atoms with E-state index >= 15 is 0 Å². The van der Waals surface area contributed by atoms with Gasteiger partial charge in [0.1, 0.15) is 0 Å². The Labute approximate surface area is 186 Å². The fraction of sp³-hybridized carbons (Fsp3) is 0.889. The van der Waals surface area contributed by atoms with Crippen molar-refractivity contribution in [3.05, 3.63) is 0 Å². The normalized spacial score (nSPS) is 13.3. The second-order valence-electron chi connectivity index (χ2n) is 6.54. The molecule has 2 atom stereocenters. The summed E-state index contributed by atoms with van der Waals surface area (Å²) < 4.78 is 42.2. The smallest absolute Gasteiger partial charge is 0.327 e. The van der Waals surface area contributed by atoms with Crippen LogP contribution in [0.3, 0.4) is 0 Å². The van der Waals surface area contributed by atoms with Gasteiger partial charge in [-0.3, -0.25) is 14.1 Å². The predicted octanol–water partition coefficient (Wildman–Crippen LogP) is 3.14. The van der Waals surface area contributed by atoms with Crippen LogP contribution in [0, 0.1) is 5.92 Å². The number of hydrogen-bond donors (Lipinski definition) is 1. The van der Waals surface area contributed by atoms with Crippen LogP contribution in [0.1, 0.15) is 78.6 Å². The van der Waals surface area contributed by atoms with E-state index in [9.17, 15) is 22.6 Å². The van der Waals surface area contributed by atoms with E-state index in [-0.39, 0.29) is 48.7 Å². The molecule has 0 saturated carbocycles. The summed E-state index contributed by atoms with van der Waals surface area (Å²) in [5, 5.41) is -1.94. The molecule has 0 amide bonds. The average molecular weight is 418 g/mol. The maximum Gasteiger partial charge on any atom is 0.327 e. The number of carbonyl (C=O) groups is 2. The van der Waals surface area contributed by atoms with Crippen molar-refractivity contribution in [2.75, 3.05) is 13.2 Å². The molecule has 0 bridgehead atoms. The first-order valence-corrected chi connectivity index (χ1v) is 11.0. The van der Waals surface area contributed by atoms with Gasteiger partial charge in [0.25, 0.3) is 10.1 Å². The molecule has 0 heterocycles.